The minimum absolute atomic E-state index is 0.0967. The van der Waals surface area contributed by atoms with E-state index in [9.17, 15) is 9.59 Å². The van der Waals surface area contributed by atoms with Crippen LogP contribution >= 0.6 is 0 Å². The lowest BCUT2D eigenvalue weighted by atomic mass is 10.5. The Balaban J connectivity index is 2.22. The van der Waals surface area contributed by atoms with Crippen LogP contribution in [0.2, 0.25) is 0 Å². The number of rotatable bonds is 4. The molecule has 2 heterocycles. The average Bonchev–Trinajstić information content (AvgIpc) is 2.64. The van der Waals surface area contributed by atoms with Gasteiger partial charge >= 0.3 is 5.69 Å². The lowest BCUT2D eigenvalue weighted by Crippen LogP contribution is -2.35. The fourth-order valence-electron chi connectivity index (χ4n) is 1.47. The molecule has 0 aromatic carbocycles. The zero-order chi connectivity index (χ0) is 12.3. The summed E-state index contributed by atoms with van der Waals surface area (Å²) in [5.41, 5.74) is 5.45. The molecule has 2 aromatic heterocycles. The van der Waals surface area contributed by atoms with Crippen LogP contribution in [0.1, 0.15) is 0 Å². The topological polar surface area (TPSA) is 94.4 Å². The molecule has 0 saturated carbocycles. The Morgan fingerprint density at radius 1 is 1.47 bits per heavy atom. The monoisotopic (exact) mass is 235 g/mol. The van der Waals surface area contributed by atoms with Crippen molar-refractivity contribution in [2.75, 3.05) is 13.1 Å². The van der Waals surface area contributed by atoms with Crippen molar-refractivity contribution in [3.05, 3.63) is 34.9 Å². The first-order valence-electron chi connectivity index (χ1n) is 5.23. The number of nitrogens with zero attached hydrogens (tertiary/aromatic N) is 3. The van der Waals surface area contributed by atoms with Crippen LogP contribution in [0.5, 0.6) is 0 Å². The SMILES string of the molecule is NCCNC(=O)Cn1nc2ccccn2c1=O. The smallest absolute Gasteiger partial charge is 0.350 e. The molecule has 0 radical (unpaired) electrons. The van der Waals surface area contributed by atoms with E-state index in [0.717, 1.165) is 4.68 Å². The maximum Gasteiger partial charge on any atom is 0.350 e. The zero-order valence-electron chi connectivity index (χ0n) is 9.17. The van der Waals surface area contributed by atoms with E-state index in [1.54, 1.807) is 24.4 Å². The molecule has 0 aliphatic rings. The fraction of sp³-hybridized carbons (Fsp3) is 0.300. The number of nitrogens with two attached hydrogens (primary N) is 1. The van der Waals surface area contributed by atoms with E-state index < -0.39 is 0 Å². The van der Waals surface area contributed by atoms with Gasteiger partial charge in [-0.2, -0.15) is 0 Å². The van der Waals surface area contributed by atoms with Gasteiger partial charge in [-0.15, -0.1) is 5.10 Å². The molecular weight excluding hydrogens is 222 g/mol. The van der Waals surface area contributed by atoms with E-state index in [1.807, 2.05) is 0 Å². The summed E-state index contributed by atoms with van der Waals surface area (Å²) in [6.45, 7) is 0.660. The van der Waals surface area contributed by atoms with Gasteiger partial charge in [0.1, 0.15) is 6.54 Å². The van der Waals surface area contributed by atoms with Crippen LogP contribution in [0.4, 0.5) is 0 Å². The molecule has 0 fully saturated rings. The molecule has 3 N–H and O–H groups in total. The summed E-state index contributed by atoms with van der Waals surface area (Å²) in [6, 6.07) is 5.21. The third kappa shape index (κ3) is 2.34. The van der Waals surface area contributed by atoms with Crippen molar-refractivity contribution in [1.82, 2.24) is 19.5 Å². The van der Waals surface area contributed by atoms with Gasteiger partial charge < -0.3 is 11.1 Å². The first kappa shape index (κ1) is 11.3. The molecule has 0 atom stereocenters. The van der Waals surface area contributed by atoms with Crippen LogP contribution in [0.25, 0.3) is 5.65 Å². The molecule has 0 aliphatic carbocycles. The number of amides is 1. The zero-order valence-corrected chi connectivity index (χ0v) is 9.17. The van der Waals surface area contributed by atoms with Gasteiger partial charge in [0, 0.05) is 19.3 Å². The van der Waals surface area contributed by atoms with Crippen molar-refractivity contribution < 1.29 is 4.79 Å². The Labute approximate surface area is 96.8 Å². The van der Waals surface area contributed by atoms with Crippen LogP contribution < -0.4 is 16.7 Å². The van der Waals surface area contributed by atoms with Crippen LogP contribution in [-0.4, -0.2) is 33.2 Å². The molecule has 0 unspecified atom stereocenters. The number of carbonyl (C=O) groups is 1. The van der Waals surface area contributed by atoms with Crippen molar-refractivity contribution in [1.29, 1.82) is 0 Å². The molecule has 7 heteroatoms. The van der Waals surface area contributed by atoms with E-state index in [0.29, 0.717) is 18.7 Å². The number of carbonyl (C=O) groups excluding carboxylic acids is 1. The standard InChI is InChI=1S/C10H13N5O2/c11-4-5-12-9(16)7-15-10(17)14-6-2-1-3-8(14)13-15/h1-3,6H,4-5,7,11H2,(H,12,16). The largest absolute Gasteiger partial charge is 0.353 e. The molecule has 0 bridgehead atoms. The maximum absolute atomic E-state index is 11.8. The van der Waals surface area contributed by atoms with E-state index in [-0.39, 0.29) is 18.1 Å². The van der Waals surface area contributed by atoms with Gasteiger partial charge in [-0.3, -0.25) is 9.20 Å². The van der Waals surface area contributed by atoms with E-state index >= 15 is 0 Å². The second kappa shape index (κ2) is 4.79. The van der Waals surface area contributed by atoms with Crippen LogP contribution in [0.3, 0.4) is 0 Å². The number of fused-ring (bicyclic) bond motifs is 1. The number of aromatic nitrogens is 3. The minimum atomic E-state index is -0.330. The number of hydrogen-bond acceptors (Lipinski definition) is 4. The van der Waals surface area contributed by atoms with Crippen molar-refractivity contribution >= 4 is 11.6 Å². The third-order valence-corrected chi connectivity index (χ3v) is 2.25. The maximum atomic E-state index is 11.8. The highest BCUT2D eigenvalue weighted by molar-refractivity contribution is 5.75. The summed E-state index contributed by atoms with van der Waals surface area (Å²) in [5.74, 6) is -0.277. The number of nitrogens with one attached hydrogen (secondary N) is 1. The molecular formula is C10H13N5O2. The molecule has 2 rings (SSSR count). The lowest BCUT2D eigenvalue weighted by Gasteiger charge is -2.01. The van der Waals surface area contributed by atoms with Gasteiger partial charge in [-0.05, 0) is 12.1 Å². The van der Waals surface area contributed by atoms with Crippen molar-refractivity contribution in [2.45, 2.75) is 6.54 Å². The average molecular weight is 235 g/mol. The fourth-order valence-corrected chi connectivity index (χ4v) is 1.47. The number of hydrogen-bond donors (Lipinski definition) is 2. The predicted molar refractivity (Wildman–Crippen MR) is 61.5 cm³/mol. The van der Waals surface area contributed by atoms with Crippen LogP contribution in [-0.2, 0) is 11.3 Å². The van der Waals surface area contributed by atoms with Gasteiger partial charge in [0.05, 0.1) is 0 Å². The van der Waals surface area contributed by atoms with Crippen LogP contribution in [0, 0.1) is 0 Å². The number of pyridine rings is 1. The molecule has 90 valence electrons. The summed E-state index contributed by atoms with van der Waals surface area (Å²) in [4.78, 5) is 23.2. The Morgan fingerprint density at radius 2 is 2.29 bits per heavy atom. The Bertz CT molecular complexity index is 586. The molecule has 0 aliphatic heterocycles. The van der Waals surface area contributed by atoms with E-state index in [2.05, 4.69) is 10.4 Å². The quantitative estimate of drug-likeness (QED) is 0.679. The van der Waals surface area contributed by atoms with E-state index in [1.165, 1.54) is 4.40 Å². The van der Waals surface area contributed by atoms with Gasteiger partial charge in [-0.25, -0.2) is 9.48 Å². The third-order valence-electron chi connectivity index (χ3n) is 2.25. The second-order valence-corrected chi connectivity index (χ2v) is 3.51. The summed E-state index contributed by atoms with van der Waals surface area (Å²) >= 11 is 0. The summed E-state index contributed by atoms with van der Waals surface area (Å²) in [6.07, 6.45) is 1.61. The summed E-state index contributed by atoms with van der Waals surface area (Å²) in [7, 11) is 0. The molecule has 1 amide bonds. The van der Waals surface area contributed by atoms with Crippen molar-refractivity contribution in [2.24, 2.45) is 5.73 Å². The minimum Gasteiger partial charge on any atom is -0.353 e. The first-order chi connectivity index (χ1) is 8.22. The first-order valence-corrected chi connectivity index (χ1v) is 5.23. The highest BCUT2D eigenvalue weighted by Gasteiger charge is 2.09. The van der Waals surface area contributed by atoms with Gasteiger partial charge in [0.2, 0.25) is 5.91 Å². The highest BCUT2D eigenvalue weighted by atomic mass is 16.2. The van der Waals surface area contributed by atoms with Gasteiger partial charge in [0.25, 0.3) is 0 Å². The molecule has 0 spiro atoms. The lowest BCUT2D eigenvalue weighted by molar-refractivity contribution is -0.121. The van der Waals surface area contributed by atoms with Crippen molar-refractivity contribution in [3.63, 3.8) is 0 Å². The summed E-state index contributed by atoms with van der Waals surface area (Å²) in [5, 5.41) is 6.61. The molecule has 0 saturated heterocycles. The summed E-state index contributed by atoms with van der Waals surface area (Å²) < 4.78 is 2.51. The second-order valence-electron chi connectivity index (χ2n) is 3.51. The molecule has 17 heavy (non-hydrogen) atoms. The van der Waals surface area contributed by atoms with Gasteiger partial charge in [0.15, 0.2) is 5.65 Å². The Hall–Kier alpha value is -2.15. The van der Waals surface area contributed by atoms with Gasteiger partial charge in [-0.1, -0.05) is 6.07 Å². The highest BCUT2D eigenvalue weighted by Crippen LogP contribution is 1.94. The predicted octanol–water partition coefficient (Wildman–Crippen LogP) is -1.43. The molecule has 7 nitrogen and oxygen atoms in total. The van der Waals surface area contributed by atoms with Crippen molar-refractivity contribution in [3.8, 4) is 0 Å². The Kier molecular flexibility index (Phi) is 3.20. The normalized spacial score (nSPS) is 10.6. The molecule has 2 aromatic rings. The van der Waals surface area contributed by atoms with Crippen LogP contribution in [0.15, 0.2) is 29.2 Å². The van der Waals surface area contributed by atoms with E-state index in [4.69, 9.17) is 5.73 Å². The Morgan fingerprint density at radius 3 is 3.00 bits per heavy atom.